The molecule has 3 nitrogen and oxygen atoms in total. The minimum Gasteiger partial charge on any atom is -0.497 e. The molecule has 0 fully saturated rings. The van der Waals surface area contributed by atoms with Gasteiger partial charge in [0.2, 0.25) is 0 Å². The van der Waals surface area contributed by atoms with Crippen LogP contribution in [0.1, 0.15) is 18.4 Å². The lowest BCUT2D eigenvalue weighted by atomic mass is 10.1. The van der Waals surface area contributed by atoms with E-state index in [1.54, 1.807) is 14.2 Å². The van der Waals surface area contributed by atoms with Crippen molar-refractivity contribution in [1.82, 2.24) is 0 Å². The van der Waals surface area contributed by atoms with E-state index in [2.05, 4.69) is 12.2 Å². The molecule has 0 amide bonds. The minimum atomic E-state index is 0.521. The Morgan fingerprint density at radius 1 is 0.952 bits per heavy atom. The fraction of sp³-hybridized carbons (Fsp3) is 0.333. The minimum absolute atomic E-state index is 0.521. The fourth-order valence-electron chi connectivity index (χ4n) is 2.13. The van der Waals surface area contributed by atoms with Crippen LogP contribution in [-0.4, -0.2) is 20.8 Å². The average molecular weight is 286 g/mol. The molecule has 1 aromatic rings. The highest BCUT2D eigenvalue weighted by Crippen LogP contribution is 2.28. The molecule has 0 spiro atoms. The quantitative estimate of drug-likeness (QED) is 0.812. The smallest absolute Gasteiger partial charge is 0.161 e. The molecule has 0 atom stereocenters. The highest BCUT2D eigenvalue weighted by atomic mass is 16.5. The summed E-state index contributed by atoms with van der Waals surface area (Å²) in [6, 6.07) is 5.94. The van der Waals surface area contributed by atoms with Gasteiger partial charge in [0.1, 0.15) is 12.4 Å². The second kappa shape index (κ2) is 7.58. The average Bonchev–Trinajstić information content (AvgIpc) is 2.47. The van der Waals surface area contributed by atoms with Crippen molar-refractivity contribution < 1.29 is 14.2 Å². The maximum atomic E-state index is 5.88. The van der Waals surface area contributed by atoms with Gasteiger partial charge in [0.25, 0.3) is 0 Å². The van der Waals surface area contributed by atoms with Crippen molar-refractivity contribution in [2.45, 2.75) is 19.8 Å². The van der Waals surface area contributed by atoms with Crippen molar-refractivity contribution in [3.63, 3.8) is 0 Å². The lowest BCUT2D eigenvalue weighted by Crippen LogP contribution is -2.02. The Labute approximate surface area is 126 Å². The molecule has 2 rings (SSSR count). The van der Waals surface area contributed by atoms with Gasteiger partial charge in [0, 0.05) is 0 Å². The van der Waals surface area contributed by atoms with E-state index in [0.717, 1.165) is 41.2 Å². The van der Waals surface area contributed by atoms with E-state index in [-0.39, 0.29) is 0 Å². The van der Waals surface area contributed by atoms with Gasteiger partial charge < -0.3 is 14.2 Å². The summed E-state index contributed by atoms with van der Waals surface area (Å²) in [7, 11) is 3.35. The molecule has 0 saturated carbocycles. The Kier molecular flexibility index (Phi) is 5.50. The summed E-state index contributed by atoms with van der Waals surface area (Å²) in [5, 5.41) is 0. The van der Waals surface area contributed by atoms with Crippen LogP contribution in [0, 0.1) is 6.92 Å². The van der Waals surface area contributed by atoms with Gasteiger partial charge >= 0.3 is 0 Å². The lowest BCUT2D eigenvalue weighted by Gasteiger charge is -2.12. The second-order valence-electron chi connectivity index (χ2n) is 4.94. The van der Waals surface area contributed by atoms with Crippen LogP contribution in [0.2, 0.25) is 0 Å². The zero-order valence-electron chi connectivity index (χ0n) is 12.9. The zero-order chi connectivity index (χ0) is 15.1. The molecule has 1 aliphatic rings. The van der Waals surface area contributed by atoms with Crippen LogP contribution in [0.3, 0.4) is 0 Å². The maximum absolute atomic E-state index is 5.88. The molecule has 3 heteroatoms. The molecule has 0 radical (unpaired) electrons. The van der Waals surface area contributed by atoms with Crippen LogP contribution in [0.5, 0.6) is 11.5 Å². The summed E-state index contributed by atoms with van der Waals surface area (Å²) in [5.41, 5.74) is 2.29. The standard InChI is InChI=1S/C18H22O3/c1-14-8-11-17(18(12-14)20-3)21-13-15-6-4-5-7-16(19-2)10-9-15/h6-12H,4-5,13H2,1-3H3/b10-9-,15-6-,16-7-. The predicted octanol–water partition coefficient (Wildman–Crippen LogP) is 4.19. The molecule has 0 heterocycles. The van der Waals surface area contributed by atoms with Crippen LogP contribution in [-0.2, 0) is 4.74 Å². The zero-order valence-corrected chi connectivity index (χ0v) is 12.9. The summed E-state index contributed by atoms with van der Waals surface area (Å²) >= 11 is 0. The van der Waals surface area contributed by atoms with E-state index in [1.807, 2.05) is 37.3 Å². The molecule has 21 heavy (non-hydrogen) atoms. The van der Waals surface area contributed by atoms with Crippen LogP contribution < -0.4 is 9.47 Å². The van der Waals surface area contributed by atoms with Crippen LogP contribution in [0.4, 0.5) is 0 Å². The first-order valence-electron chi connectivity index (χ1n) is 7.11. The monoisotopic (exact) mass is 286 g/mol. The third kappa shape index (κ3) is 4.42. The Hall–Kier alpha value is -2.16. The third-order valence-electron chi connectivity index (χ3n) is 3.33. The predicted molar refractivity (Wildman–Crippen MR) is 84.8 cm³/mol. The highest BCUT2D eigenvalue weighted by Gasteiger charge is 2.05. The van der Waals surface area contributed by atoms with Gasteiger partial charge in [-0.3, -0.25) is 0 Å². The molecule has 1 aromatic carbocycles. The number of allylic oxidation sites excluding steroid dienone is 3. The van der Waals surface area contributed by atoms with Gasteiger partial charge in [-0.2, -0.15) is 0 Å². The normalized spacial score (nSPS) is 21.1. The summed E-state index contributed by atoms with van der Waals surface area (Å²) in [5.74, 6) is 2.43. The molecular formula is C18H22O3. The topological polar surface area (TPSA) is 27.7 Å². The van der Waals surface area contributed by atoms with E-state index in [4.69, 9.17) is 14.2 Å². The fourth-order valence-corrected chi connectivity index (χ4v) is 2.13. The lowest BCUT2D eigenvalue weighted by molar-refractivity contribution is 0.304. The van der Waals surface area contributed by atoms with Gasteiger partial charge in [0.15, 0.2) is 11.5 Å². The summed E-state index contributed by atoms with van der Waals surface area (Å²) in [6.07, 6.45) is 10.3. The van der Waals surface area contributed by atoms with E-state index in [9.17, 15) is 0 Å². The van der Waals surface area contributed by atoms with E-state index >= 15 is 0 Å². The first-order chi connectivity index (χ1) is 10.2. The van der Waals surface area contributed by atoms with Crippen molar-refractivity contribution >= 4 is 0 Å². The number of hydrogen-bond donors (Lipinski definition) is 0. The van der Waals surface area contributed by atoms with E-state index in [1.165, 1.54) is 0 Å². The SMILES string of the molecule is COC1=C\CC/C=C(COc2ccc(C)cc2OC)/C=C\1. The van der Waals surface area contributed by atoms with Gasteiger partial charge in [-0.15, -0.1) is 0 Å². The Morgan fingerprint density at radius 2 is 1.76 bits per heavy atom. The number of hydrogen-bond acceptors (Lipinski definition) is 3. The molecular weight excluding hydrogens is 264 g/mol. The van der Waals surface area contributed by atoms with Gasteiger partial charge in [-0.05, 0) is 55.2 Å². The van der Waals surface area contributed by atoms with Crippen LogP contribution in [0.15, 0.2) is 53.8 Å². The van der Waals surface area contributed by atoms with Gasteiger partial charge in [0.05, 0.1) is 14.2 Å². The molecule has 0 N–H and O–H groups in total. The largest absolute Gasteiger partial charge is 0.497 e. The van der Waals surface area contributed by atoms with Gasteiger partial charge in [-0.25, -0.2) is 0 Å². The number of benzene rings is 1. The number of rotatable bonds is 5. The number of aryl methyl sites for hydroxylation is 1. The van der Waals surface area contributed by atoms with E-state index < -0.39 is 0 Å². The summed E-state index contributed by atoms with van der Waals surface area (Å²) in [4.78, 5) is 0. The van der Waals surface area contributed by atoms with Crippen molar-refractivity contribution in [3.05, 3.63) is 59.4 Å². The van der Waals surface area contributed by atoms with Crippen molar-refractivity contribution in [2.75, 3.05) is 20.8 Å². The first-order valence-corrected chi connectivity index (χ1v) is 7.11. The molecule has 0 aliphatic heterocycles. The van der Waals surface area contributed by atoms with Crippen LogP contribution >= 0.6 is 0 Å². The highest BCUT2D eigenvalue weighted by molar-refractivity contribution is 5.43. The summed E-state index contributed by atoms with van der Waals surface area (Å²) < 4.78 is 16.5. The number of methoxy groups -OCH3 is 2. The molecule has 0 unspecified atom stereocenters. The molecule has 0 saturated heterocycles. The maximum Gasteiger partial charge on any atom is 0.161 e. The second-order valence-corrected chi connectivity index (χ2v) is 4.94. The van der Waals surface area contributed by atoms with E-state index in [0.29, 0.717) is 6.61 Å². The van der Waals surface area contributed by atoms with Crippen molar-refractivity contribution in [3.8, 4) is 11.5 Å². The van der Waals surface area contributed by atoms with Crippen LogP contribution in [0.25, 0.3) is 0 Å². The molecule has 1 aliphatic carbocycles. The first kappa shape index (κ1) is 15.2. The molecule has 112 valence electrons. The summed E-state index contributed by atoms with van der Waals surface area (Å²) in [6.45, 7) is 2.55. The number of ether oxygens (including phenoxy) is 3. The molecule has 0 bridgehead atoms. The molecule has 0 aromatic heterocycles. The van der Waals surface area contributed by atoms with Crippen molar-refractivity contribution in [2.24, 2.45) is 0 Å². The Balaban J connectivity index is 2.04. The Bertz CT molecular complexity index is 568. The van der Waals surface area contributed by atoms with Crippen molar-refractivity contribution in [1.29, 1.82) is 0 Å². The third-order valence-corrected chi connectivity index (χ3v) is 3.33. The van der Waals surface area contributed by atoms with Gasteiger partial charge in [-0.1, -0.05) is 18.2 Å². The Morgan fingerprint density at radius 3 is 2.52 bits per heavy atom.